The third-order valence-electron chi connectivity index (χ3n) is 2.98. The number of pyridine rings is 2. The average molecular weight is 329 g/mol. The Bertz CT molecular complexity index is 758. The number of fused-ring (bicyclic) bond motifs is 1. The van der Waals surface area contributed by atoms with Gasteiger partial charge in [-0.05, 0) is 45.8 Å². The minimum absolute atomic E-state index is 0.696. The first-order chi connectivity index (χ1) is 9.72. The maximum atomic E-state index is 5.78. The number of anilines is 2. The molecule has 20 heavy (non-hydrogen) atoms. The Morgan fingerprint density at radius 2 is 2.05 bits per heavy atom. The van der Waals surface area contributed by atoms with Crippen LogP contribution in [0.1, 0.15) is 5.56 Å². The normalized spacial score (nSPS) is 10.7. The van der Waals surface area contributed by atoms with Crippen LogP contribution in [0, 0.1) is 0 Å². The molecule has 0 radical (unpaired) electrons. The van der Waals surface area contributed by atoms with Crippen LogP contribution in [0.5, 0.6) is 0 Å². The van der Waals surface area contributed by atoms with Gasteiger partial charge >= 0.3 is 0 Å². The summed E-state index contributed by atoms with van der Waals surface area (Å²) in [5.41, 5.74) is 10.4. The lowest BCUT2D eigenvalue weighted by Crippen LogP contribution is -2.01. The zero-order chi connectivity index (χ0) is 13.9. The number of rotatable bonds is 3. The van der Waals surface area contributed by atoms with Gasteiger partial charge in [0.1, 0.15) is 5.52 Å². The molecule has 0 bridgehead atoms. The maximum absolute atomic E-state index is 5.78. The molecule has 3 aromatic rings. The van der Waals surface area contributed by atoms with E-state index in [0.29, 0.717) is 6.54 Å². The molecule has 3 N–H and O–H groups in total. The first-order valence-electron chi connectivity index (χ1n) is 6.21. The van der Waals surface area contributed by atoms with Crippen LogP contribution in [0.2, 0.25) is 0 Å². The Balaban J connectivity index is 1.87. The number of hydrogen-bond acceptors (Lipinski definition) is 4. The Morgan fingerprint density at radius 3 is 2.90 bits per heavy atom. The minimum atomic E-state index is 0.696. The van der Waals surface area contributed by atoms with Crippen molar-refractivity contribution in [3.8, 4) is 0 Å². The lowest BCUT2D eigenvalue weighted by atomic mass is 10.2. The van der Waals surface area contributed by atoms with Gasteiger partial charge in [0.25, 0.3) is 0 Å². The lowest BCUT2D eigenvalue weighted by molar-refractivity contribution is 1.15. The number of nitrogens with one attached hydrogen (secondary N) is 1. The summed E-state index contributed by atoms with van der Waals surface area (Å²) >= 11 is 3.40. The van der Waals surface area contributed by atoms with Gasteiger partial charge < -0.3 is 11.1 Å². The number of benzene rings is 1. The zero-order valence-corrected chi connectivity index (χ0v) is 12.3. The van der Waals surface area contributed by atoms with E-state index in [1.54, 1.807) is 12.4 Å². The fourth-order valence-electron chi connectivity index (χ4n) is 2.05. The number of nitrogens with two attached hydrogens (primary N) is 1. The number of nitrogens with zero attached hydrogens (tertiary/aromatic N) is 2. The van der Waals surface area contributed by atoms with Crippen molar-refractivity contribution in [3.05, 3.63) is 58.8 Å². The molecule has 0 fully saturated rings. The van der Waals surface area contributed by atoms with E-state index in [4.69, 9.17) is 5.73 Å². The second-order valence-electron chi connectivity index (χ2n) is 4.48. The van der Waals surface area contributed by atoms with E-state index in [0.717, 1.165) is 32.4 Å². The molecule has 0 aliphatic carbocycles. The van der Waals surface area contributed by atoms with Gasteiger partial charge in [0.15, 0.2) is 0 Å². The number of halogens is 1. The van der Waals surface area contributed by atoms with E-state index in [1.165, 1.54) is 0 Å². The minimum Gasteiger partial charge on any atom is -0.399 e. The molecule has 4 nitrogen and oxygen atoms in total. The highest BCUT2D eigenvalue weighted by molar-refractivity contribution is 9.10. The molecule has 0 atom stereocenters. The summed E-state index contributed by atoms with van der Waals surface area (Å²) in [6, 6.07) is 11.7. The van der Waals surface area contributed by atoms with Gasteiger partial charge in [-0.15, -0.1) is 0 Å². The van der Waals surface area contributed by atoms with E-state index in [9.17, 15) is 0 Å². The number of nitrogen functional groups attached to an aromatic ring is 1. The summed E-state index contributed by atoms with van der Waals surface area (Å²) < 4.78 is 0.922. The van der Waals surface area contributed by atoms with E-state index in [2.05, 4.69) is 31.2 Å². The smallest absolute Gasteiger partial charge is 0.112 e. The summed E-state index contributed by atoms with van der Waals surface area (Å²) in [7, 11) is 0. The molecule has 0 saturated heterocycles. The molecule has 0 aliphatic rings. The Morgan fingerprint density at radius 1 is 1.15 bits per heavy atom. The monoisotopic (exact) mass is 328 g/mol. The van der Waals surface area contributed by atoms with Gasteiger partial charge in [0.2, 0.25) is 0 Å². The Hall–Kier alpha value is -2.14. The predicted molar refractivity (Wildman–Crippen MR) is 85.4 cm³/mol. The van der Waals surface area contributed by atoms with Crippen LogP contribution in [0.3, 0.4) is 0 Å². The molecule has 0 saturated carbocycles. The standard InChI is InChI=1S/C15H13BrN4/c16-11-7-14-15(20-9-11)13(4-5-18-14)19-8-10-2-1-3-12(17)6-10/h1-7,9H,8,17H2,(H,18,19). The second-order valence-corrected chi connectivity index (χ2v) is 5.39. The van der Waals surface area contributed by atoms with Gasteiger partial charge in [-0.2, -0.15) is 0 Å². The average Bonchev–Trinajstić information content (AvgIpc) is 2.44. The second kappa shape index (κ2) is 5.46. The number of hydrogen-bond donors (Lipinski definition) is 2. The summed E-state index contributed by atoms with van der Waals surface area (Å²) in [6.45, 7) is 0.696. The van der Waals surface area contributed by atoms with Crippen molar-refractivity contribution in [2.24, 2.45) is 0 Å². The summed E-state index contributed by atoms with van der Waals surface area (Å²) in [5.74, 6) is 0. The van der Waals surface area contributed by atoms with Gasteiger partial charge in [-0.3, -0.25) is 9.97 Å². The molecule has 0 amide bonds. The van der Waals surface area contributed by atoms with E-state index >= 15 is 0 Å². The van der Waals surface area contributed by atoms with Crippen molar-refractivity contribution < 1.29 is 0 Å². The maximum Gasteiger partial charge on any atom is 0.112 e. The molecule has 5 heteroatoms. The molecule has 100 valence electrons. The Labute approximate surface area is 125 Å². The molecule has 0 spiro atoms. The number of aromatic nitrogens is 2. The molecule has 2 heterocycles. The van der Waals surface area contributed by atoms with Gasteiger partial charge in [0.05, 0.1) is 11.2 Å². The lowest BCUT2D eigenvalue weighted by Gasteiger charge is -2.09. The van der Waals surface area contributed by atoms with Crippen LogP contribution in [-0.4, -0.2) is 9.97 Å². The van der Waals surface area contributed by atoms with Crippen molar-refractivity contribution in [2.75, 3.05) is 11.1 Å². The van der Waals surface area contributed by atoms with Crippen molar-refractivity contribution in [1.29, 1.82) is 0 Å². The molecule has 0 aliphatic heterocycles. The summed E-state index contributed by atoms with van der Waals surface area (Å²) in [6.07, 6.45) is 3.55. The van der Waals surface area contributed by atoms with Crippen LogP contribution in [0.15, 0.2) is 53.3 Å². The van der Waals surface area contributed by atoms with Gasteiger partial charge in [-0.25, -0.2) is 0 Å². The molecule has 3 rings (SSSR count). The third-order valence-corrected chi connectivity index (χ3v) is 3.41. The molecule has 0 unspecified atom stereocenters. The molecular weight excluding hydrogens is 316 g/mol. The van der Waals surface area contributed by atoms with Crippen LogP contribution < -0.4 is 11.1 Å². The van der Waals surface area contributed by atoms with Crippen LogP contribution in [0.4, 0.5) is 11.4 Å². The largest absolute Gasteiger partial charge is 0.399 e. The van der Waals surface area contributed by atoms with Crippen LogP contribution in [0.25, 0.3) is 11.0 Å². The summed E-state index contributed by atoms with van der Waals surface area (Å²) in [5, 5.41) is 3.38. The highest BCUT2D eigenvalue weighted by Gasteiger charge is 2.04. The topological polar surface area (TPSA) is 63.8 Å². The fraction of sp³-hybridized carbons (Fsp3) is 0.0667. The zero-order valence-electron chi connectivity index (χ0n) is 10.7. The van der Waals surface area contributed by atoms with Crippen molar-refractivity contribution in [3.63, 3.8) is 0 Å². The van der Waals surface area contributed by atoms with E-state index < -0.39 is 0 Å². The van der Waals surface area contributed by atoms with Crippen molar-refractivity contribution in [2.45, 2.75) is 6.54 Å². The van der Waals surface area contributed by atoms with Gasteiger partial charge in [0, 0.05) is 29.1 Å². The molecule has 2 aromatic heterocycles. The third kappa shape index (κ3) is 2.72. The molecule has 1 aromatic carbocycles. The van der Waals surface area contributed by atoms with E-state index in [-0.39, 0.29) is 0 Å². The first kappa shape index (κ1) is 12.9. The van der Waals surface area contributed by atoms with Crippen LogP contribution in [-0.2, 0) is 6.54 Å². The van der Waals surface area contributed by atoms with Crippen molar-refractivity contribution >= 4 is 38.3 Å². The van der Waals surface area contributed by atoms with E-state index in [1.807, 2.05) is 36.4 Å². The highest BCUT2D eigenvalue weighted by atomic mass is 79.9. The SMILES string of the molecule is Nc1cccc(CNc2ccnc3cc(Br)cnc23)c1. The Kier molecular flexibility index (Phi) is 3.52. The predicted octanol–water partition coefficient (Wildman–Crippen LogP) is 3.59. The fourth-order valence-corrected chi connectivity index (χ4v) is 2.37. The van der Waals surface area contributed by atoms with Crippen LogP contribution >= 0.6 is 15.9 Å². The summed E-state index contributed by atoms with van der Waals surface area (Å²) in [4.78, 5) is 8.73. The van der Waals surface area contributed by atoms with Gasteiger partial charge in [-0.1, -0.05) is 12.1 Å². The first-order valence-corrected chi connectivity index (χ1v) is 7.00. The molecular formula is C15H13BrN4. The quantitative estimate of drug-likeness (QED) is 0.721. The van der Waals surface area contributed by atoms with Crippen molar-refractivity contribution in [1.82, 2.24) is 9.97 Å². The highest BCUT2D eigenvalue weighted by Crippen LogP contribution is 2.22.